The second-order valence-corrected chi connectivity index (χ2v) is 4.00. The van der Waals surface area contributed by atoms with Crippen LogP contribution in [0.5, 0.6) is 0 Å². The molecule has 0 spiro atoms. The van der Waals surface area contributed by atoms with E-state index in [4.69, 9.17) is 9.47 Å². The summed E-state index contributed by atoms with van der Waals surface area (Å²) in [4.78, 5) is 10.8. The summed E-state index contributed by atoms with van der Waals surface area (Å²) in [6.07, 6.45) is 6.74. The van der Waals surface area contributed by atoms with Crippen molar-refractivity contribution in [2.24, 2.45) is 5.92 Å². The number of esters is 1. The van der Waals surface area contributed by atoms with E-state index in [1.165, 1.54) is 31.8 Å². The van der Waals surface area contributed by atoms with Crippen LogP contribution in [-0.4, -0.2) is 24.8 Å². The maximum Gasteiger partial charge on any atom is 0.330 e. The Hall–Kier alpha value is -0.830. The Morgan fingerprint density at radius 1 is 1.50 bits per heavy atom. The van der Waals surface area contributed by atoms with Gasteiger partial charge in [-0.15, -0.1) is 0 Å². The van der Waals surface area contributed by atoms with Crippen LogP contribution in [0.25, 0.3) is 0 Å². The normalized spacial score (nSPS) is 35.3. The highest BCUT2D eigenvalue weighted by atomic mass is 16.6. The maximum atomic E-state index is 10.8. The number of carbonyl (C=O) groups excluding carboxylic acids is 1. The first-order valence-corrected chi connectivity index (χ1v) is 5.26. The van der Waals surface area contributed by atoms with Gasteiger partial charge < -0.3 is 9.47 Å². The zero-order valence-corrected chi connectivity index (χ0v) is 8.28. The van der Waals surface area contributed by atoms with Gasteiger partial charge in [0.25, 0.3) is 0 Å². The number of ether oxygens (including phenoxy) is 2. The van der Waals surface area contributed by atoms with Gasteiger partial charge in [0.05, 0.1) is 12.2 Å². The fourth-order valence-corrected chi connectivity index (χ4v) is 2.34. The van der Waals surface area contributed by atoms with Crippen LogP contribution in [0.15, 0.2) is 12.7 Å². The number of hydrogen-bond acceptors (Lipinski definition) is 3. The molecule has 1 aliphatic heterocycles. The summed E-state index contributed by atoms with van der Waals surface area (Å²) < 4.78 is 10.6. The van der Waals surface area contributed by atoms with E-state index in [0.717, 1.165) is 0 Å². The SMILES string of the molecule is C=CC(=O)OCC1OC2CCCCC21. The fourth-order valence-electron chi connectivity index (χ4n) is 2.34. The summed E-state index contributed by atoms with van der Waals surface area (Å²) in [5.74, 6) is 0.272. The van der Waals surface area contributed by atoms with Crippen LogP contribution >= 0.6 is 0 Å². The smallest absolute Gasteiger partial charge is 0.330 e. The summed E-state index contributed by atoms with van der Waals surface area (Å²) in [7, 11) is 0. The van der Waals surface area contributed by atoms with Gasteiger partial charge in [-0.3, -0.25) is 0 Å². The average molecular weight is 196 g/mol. The molecule has 2 aliphatic rings. The van der Waals surface area contributed by atoms with Gasteiger partial charge in [-0.25, -0.2) is 4.79 Å². The molecule has 0 bridgehead atoms. The van der Waals surface area contributed by atoms with Gasteiger partial charge in [-0.2, -0.15) is 0 Å². The van der Waals surface area contributed by atoms with Crippen molar-refractivity contribution in [1.29, 1.82) is 0 Å². The average Bonchev–Trinajstić information content (AvgIpc) is 2.19. The van der Waals surface area contributed by atoms with E-state index < -0.39 is 0 Å². The van der Waals surface area contributed by atoms with E-state index in [-0.39, 0.29) is 12.1 Å². The van der Waals surface area contributed by atoms with Crippen LogP contribution in [0.2, 0.25) is 0 Å². The molecule has 3 unspecified atom stereocenters. The van der Waals surface area contributed by atoms with Crippen molar-refractivity contribution >= 4 is 5.97 Å². The molecule has 0 aromatic carbocycles. The molecule has 0 radical (unpaired) electrons. The van der Waals surface area contributed by atoms with Crippen LogP contribution in [0.1, 0.15) is 25.7 Å². The lowest BCUT2D eigenvalue weighted by atomic mass is 9.78. The minimum absolute atomic E-state index is 0.143. The van der Waals surface area contributed by atoms with Crippen molar-refractivity contribution < 1.29 is 14.3 Å². The standard InChI is InChI=1S/C11H16O3/c1-2-11(12)13-7-10-8-5-3-4-6-9(8)14-10/h2,8-10H,1,3-7H2. The van der Waals surface area contributed by atoms with E-state index >= 15 is 0 Å². The van der Waals surface area contributed by atoms with Gasteiger partial charge in [0.1, 0.15) is 6.61 Å². The molecule has 1 heterocycles. The van der Waals surface area contributed by atoms with Crippen LogP contribution in [-0.2, 0) is 14.3 Å². The molecule has 1 saturated carbocycles. The van der Waals surface area contributed by atoms with Crippen LogP contribution in [0, 0.1) is 5.92 Å². The fraction of sp³-hybridized carbons (Fsp3) is 0.727. The van der Waals surface area contributed by atoms with Gasteiger partial charge in [0, 0.05) is 12.0 Å². The number of carbonyl (C=O) groups is 1. The molecule has 1 saturated heterocycles. The quantitative estimate of drug-likeness (QED) is 0.509. The summed E-state index contributed by atoms with van der Waals surface area (Å²) in [5, 5.41) is 0. The zero-order valence-electron chi connectivity index (χ0n) is 8.28. The van der Waals surface area contributed by atoms with Crippen molar-refractivity contribution in [1.82, 2.24) is 0 Å². The summed E-state index contributed by atoms with van der Waals surface area (Å²) >= 11 is 0. The second kappa shape index (κ2) is 4.13. The first kappa shape index (κ1) is 9.71. The largest absolute Gasteiger partial charge is 0.460 e. The van der Waals surface area contributed by atoms with E-state index in [0.29, 0.717) is 18.6 Å². The predicted molar refractivity (Wildman–Crippen MR) is 51.8 cm³/mol. The van der Waals surface area contributed by atoms with Crippen LogP contribution < -0.4 is 0 Å². The molecule has 2 fully saturated rings. The van der Waals surface area contributed by atoms with E-state index in [2.05, 4.69) is 6.58 Å². The zero-order chi connectivity index (χ0) is 9.97. The minimum atomic E-state index is -0.354. The number of hydrogen-bond donors (Lipinski definition) is 0. The summed E-state index contributed by atoms with van der Waals surface area (Å²) in [6, 6.07) is 0. The van der Waals surface area contributed by atoms with E-state index in [9.17, 15) is 4.79 Å². The van der Waals surface area contributed by atoms with Crippen molar-refractivity contribution in [2.75, 3.05) is 6.61 Å². The van der Waals surface area contributed by atoms with Gasteiger partial charge in [0.15, 0.2) is 0 Å². The van der Waals surface area contributed by atoms with Crippen molar-refractivity contribution in [3.05, 3.63) is 12.7 Å². The Morgan fingerprint density at radius 3 is 3.00 bits per heavy atom. The summed E-state index contributed by atoms with van der Waals surface area (Å²) in [5.41, 5.74) is 0. The molecule has 0 aromatic rings. The topological polar surface area (TPSA) is 35.5 Å². The lowest BCUT2D eigenvalue weighted by Crippen LogP contribution is -2.52. The highest BCUT2D eigenvalue weighted by Crippen LogP contribution is 2.39. The van der Waals surface area contributed by atoms with Gasteiger partial charge in [-0.1, -0.05) is 19.4 Å². The molecule has 0 amide bonds. The Morgan fingerprint density at radius 2 is 2.29 bits per heavy atom. The first-order chi connectivity index (χ1) is 6.81. The van der Waals surface area contributed by atoms with Crippen LogP contribution in [0.4, 0.5) is 0 Å². The Labute approximate surface area is 84.1 Å². The lowest BCUT2D eigenvalue weighted by molar-refractivity contribution is -0.217. The first-order valence-electron chi connectivity index (χ1n) is 5.26. The maximum absolute atomic E-state index is 10.8. The lowest BCUT2D eigenvalue weighted by Gasteiger charge is -2.47. The molecule has 78 valence electrons. The van der Waals surface area contributed by atoms with Crippen molar-refractivity contribution in [3.63, 3.8) is 0 Å². The molecule has 1 aliphatic carbocycles. The van der Waals surface area contributed by atoms with E-state index in [1.807, 2.05) is 0 Å². The Bertz CT molecular complexity index is 237. The third-order valence-corrected chi connectivity index (χ3v) is 3.14. The highest BCUT2D eigenvalue weighted by Gasteiger charge is 2.43. The van der Waals surface area contributed by atoms with Crippen LogP contribution in [0.3, 0.4) is 0 Å². The molecule has 3 heteroatoms. The minimum Gasteiger partial charge on any atom is -0.460 e. The third kappa shape index (κ3) is 1.82. The molecule has 14 heavy (non-hydrogen) atoms. The van der Waals surface area contributed by atoms with Gasteiger partial charge in [0.2, 0.25) is 0 Å². The number of fused-ring (bicyclic) bond motifs is 1. The number of rotatable bonds is 3. The molecule has 0 aromatic heterocycles. The second-order valence-electron chi connectivity index (χ2n) is 4.00. The Kier molecular flexibility index (Phi) is 2.87. The molecular formula is C11H16O3. The van der Waals surface area contributed by atoms with Crippen molar-refractivity contribution in [2.45, 2.75) is 37.9 Å². The third-order valence-electron chi connectivity index (χ3n) is 3.14. The summed E-state index contributed by atoms with van der Waals surface area (Å²) in [6.45, 7) is 3.74. The molecular weight excluding hydrogens is 180 g/mol. The highest BCUT2D eigenvalue weighted by molar-refractivity contribution is 5.81. The van der Waals surface area contributed by atoms with E-state index in [1.54, 1.807) is 0 Å². The molecule has 3 nitrogen and oxygen atoms in total. The molecule has 2 rings (SSSR count). The molecule has 3 atom stereocenters. The van der Waals surface area contributed by atoms with Gasteiger partial charge >= 0.3 is 5.97 Å². The molecule has 0 N–H and O–H groups in total. The Balaban J connectivity index is 1.73. The predicted octanol–water partition coefficient (Wildman–Crippen LogP) is 1.67. The van der Waals surface area contributed by atoms with Crippen molar-refractivity contribution in [3.8, 4) is 0 Å². The monoisotopic (exact) mass is 196 g/mol. The van der Waals surface area contributed by atoms with Gasteiger partial charge in [-0.05, 0) is 12.8 Å².